The molecule has 1 amide bonds. The highest BCUT2D eigenvalue weighted by Gasteiger charge is 2.36. The molecule has 4 aromatic rings. The fraction of sp³-hybridized carbons (Fsp3) is 0.250. The maximum atomic E-state index is 13.3. The Kier molecular flexibility index (Phi) is 6.55. The summed E-state index contributed by atoms with van der Waals surface area (Å²) in [6, 6.07) is 20.8. The van der Waals surface area contributed by atoms with Crippen molar-refractivity contribution in [2.24, 2.45) is 0 Å². The van der Waals surface area contributed by atoms with Crippen molar-refractivity contribution in [1.29, 1.82) is 0 Å². The van der Waals surface area contributed by atoms with Gasteiger partial charge in [0, 0.05) is 29.6 Å². The van der Waals surface area contributed by atoms with Crippen molar-refractivity contribution >= 4 is 27.3 Å². The van der Waals surface area contributed by atoms with Crippen molar-refractivity contribution in [3.8, 4) is 0 Å². The van der Waals surface area contributed by atoms with Crippen LogP contribution in [0.1, 0.15) is 59.9 Å². The second-order valence-corrected chi connectivity index (χ2v) is 11.4. The Bertz CT molecular complexity index is 1530. The molecule has 190 valence electrons. The van der Waals surface area contributed by atoms with E-state index >= 15 is 0 Å². The van der Waals surface area contributed by atoms with Crippen molar-refractivity contribution in [3.05, 3.63) is 101 Å². The number of anilines is 2. The lowest BCUT2D eigenvalue weighted by Crippen LogP contribution is -2.35. The number of benzene rings is 3. The summed E-state index contributed by atoms with van der Waals surface area (Å²) in [5.41, 5.74) is 3.57. The first kappa shape index (κ1) is 24.7. The standard InChI is InChI=1S/C28H28N4O4S/c1-18(2)28-30-26(31-36-28)16-20-9-12-23(13-10-20)29-27(33)21-11-14-25-22(17-21)15-19(3)32(25)37(34,35)24-7-5-4-6-8-24/h4-14,17-19H,15-16H2,1-3H3,(H,29,33)/t19-/m0/s1. The SMILES string of the molecule is CC(C)c1nc(Cc2ccc(NC(=O)c3ccc4c(c3)C[C@H](C)N4S(=O)(=O)c3ccccc3)cc2)no1. The first-order valence-corrected chi connectivity index (χ1v) is 13.6. The van der Waals surface area contributed by atoms with Gasteiger partial charge in [0.2, 0.25) is 5.89 Å². The highest BCUT2D eigenvalue weighted by Crippen LogP contribution is 2.37. The van der Waals surface area contributed by atoms with Crippen LogP contribution in [0.2, 0.25) is 0 Å². The zero-order chi connectivity index (χ0) is 26.2. The Labute approximate surface area is 216 Å². The van der Waals surface area contributed by atoms with Gasteiger partial charge in [-0.1, -0.05) is 49.3 Å². The summed E-state index contributed by atoms with van der Waals surface area (Å²) in [5.74, 6) is 1.16. The Balaban J connectivity index is 1.29. The van der Waals surface area contributed by atoms with Gasteiger partial charge in [0.25, 0.3) is 15.9 Å². The third-order valence-corrected chi connectivity index (χ3v) is 8.29. The van der Waals surface area contributed by atoms with Crippen LogP contribution in [0.5, 0.6) is 0 Å². The number of carbonyl (C=O) groups excluding carboxylic acids is 1. The summed E-state index contributed by atoms with van der Waals surface area (Å²) < 4.78 is 33.3. The van der Waals surface area contributed by atoms with E-state index in [0.29, 0.717) is 41.5 Å². The van der Waals surface area contributed by atoms with Crippen LogP contribution in [0.25, 0.3) is 0 Å². The maximum absolute atomic E-state index is 13.3. The largest absolute Gasteiger partial charge is 0.339 e. The zero-order valence-electron chi connectivity index (χ0n) is 20.9. The molecule has 1 aliphatic rings. The van der Waals surface area contributed by atoms with Crippen molar-refractivity contribution in [2.45, 2.75) is 50.5 Å². The molecule has 9 heteroatoms. The predicted octanol–water partition coefficient (Wildman–Crippen LogP) is 5.18. The lowest BCUT2D eigenvalue weighted by Gasteiger charge is -2.24. The summed E-state index contributed by atoms with van der Waals surface area (Å²) in [6.45, 7) is 5.87. The van der Waals surface area contributed by atoms with Gasteiger partial charge < -0.3 is 9.84 Å². The Morgan fingerprint density at radius 3 is 2.49 bits per heavy atom. The van der Waals surface area contributed by atoms with Crippen LogP contribution in [-0.2, 0) is 22.9 Å². The van der Waals surface area contributed by atoms with Gasteiger partial charge >= 0.3 is 0 Å². The summed E-state index contributed by atoms with van der Waals surface area (Å²) in [5, 5.41) is 6.94. The first-order valence-electron chi connectivity index (χ1n) is 12.2. The molecule has 0 aliphatic carbocycles. The van der Waals surface area contributed by atoms with Gasteiger partial charge in [0.15, 0.2) is 5.82 Å². The molecule has 0 unspecified atom stereocenters. The molecule has 0 bridgehead atoms. The molecule has 1 atom stereocenters. The van der Waals surface area contributed by atoms with Crippen LogP contribution in [0.15, 0.2) is 82.2 Å². The number of hydrogen-bond acceptors (Lipinski definition) is 6. The van der Waals surface area contributed by atoms with Crippen LogP contribution in [0.4, 0.5) is 11.4 Å². The summed E-state index contributed by atoms with van der Waals surface area (Å²) in [7, 11) is -3.69. The quantitative estimate of drug-likeness (QED) is 0.363. The highest BCUT2D eigenvalue weighted by atomic mass is 32.2. The minimum atomic E-state index is -3.69. The Hall–Kier alpha value is -3.98. The van der Waals surface area contributed by atoms with Crippen LogP contribution in [-0.4, -0.2) is 30.5 Å². The van der Waals surface area contributed by atoms with Crippen molar-refractivity contribution in [1.82, 2.24) is 10.1 Å². The molecule has 5 rings (SSSR count). The van der Waals surface area contributed by atoms with Crippen LogP contribution < -0.4 is 9.62 Å². The fourth-order valence-electron chi connectivity index (χ4n) is 4.48. The molecule has 0 fully saturated rings. The predicted molar refractivity (Wildman–Crippen MR) is 141 cm³/mol. The van der Waals surface area contributed by atoms with E-state index in [1.165, 1.54) is 4.31 Å². The second kappa shape index (κ2) is 9.82. The Morgan fingerprint density at radius 1 is 1.08 bits per heavy atom. The Morgan fingerprint density at radius 2 is 1.81 bits per heavy atom. The van der Waals surface area contributed by atoms with Gasteiger partial charge in [-0.25, -0.2) is 8.42 Å². The second-order valence-electron chi connectivity index (χ2n) is 9.54. The number of nitrogens with one attached hydrogen (secondary N) is 1. The van der Waals surface area contributed by atoms with E-state index in [1.54, 1.807) is 48.5 Å². The van der Waals surface area contributed by atoms with Crippen LogP contribution >= 0.6 is 0 Å². The molecular formula is C28H28N4O4S. The molecule has 3 aromatic carbocycles. The number of fused-ring (bicyclic) bond motifs is 1. The van der Waals surface area contributed by atoms with E-state index in [2.05, 4.69) is 15.5 Å². The number of sulfonamides is 1. The number of rotatable bonds is 7. The number of hydrogen-bond donors (Lipinski definition) is 1. The van der Waals surface area contributed by atoms with Gasteiger partial charge in [-0.15, -0.1) is 0 Å². The zero-order valence-corrected chi connectivity index (χ0v) is 21.7. The highest BCUT2D eigenvalue weighted by molar-refractivity contribution is 7.92. The molecule has 2 heterocycles. The molecule has 8 nitrogen and oxygen atoms in total. The smallest absolute Gasteiger partial charge is 0.264 e. The van der Waals surface area contributed by atoms with Gasteiger partial charge in [0.1, 0.15) is 0 Å². The third-order valence-electron chi connectivity index (χ3n) is 6.35. The molecular weight excluding hydrogens is 488 g/mol. The normalized spacial score (nSPS) is 15.1. The lowest BCUT2D eigenvalue weighted by molar-refractivity contribution is 0.102. The average Bonchev–Trinajstić information content (AvgIpc) is 3.49. The summed E-state index contributed by atoms with van der Waals surface area (Å²) in [6.07, 6.45) is 1.07. The van der Waals surface area contributed by atoms with E-state index < -0.39 is 10.0 Å². The lowest BCUT2D eigenvalue weighted by atomic mass is 10.1. The monoisotopic (exact) mass is 516 g/mol. The van der Waals surface area contributed by atoms with Crippen molar-refractivity contribution < 1.29 is 17.7 Å². The van der Waals surface area contributed by atoms with E-state index in [9.17, 15) is 13.2 Å². The van der Waals surface area contributed by atoms with Gasteiger partial charge in [-0.2, -0.15) is 4.98 Å². The molecule has 0 saturated carbocycles. The van der Waals surface area contributed by atoms with Gasteiger partial charge in [-0.3, -0.25) is 9.10 Å². The van der Waals surface area contributed by atoms with E-state index in [4.69, 9.17) is 4.52 Å². The number of aromatic nitrogens is 2. The third kappa shape index (κ3) is 4.99. The minimum Gasteiger partial charge on any atom is -0.339 e. The van der Waals surface area contributed by atoms with Crippen molar-refractivity contribution in [3.63, 3.8) is 0 Å². The van der Waals surface area contributed by atoms with E-state index in [1.807, 2.05) is 45.0 Å². The van der Waals surface area contributed by atoms with Gasteiger partial charge in [0.05, 0.1) is 10.6 Å². The molecule has 1 aliphatic heterocycles. The number of carbonyl (C=O) groups is 1. The average molecular weight is 517 g/mol. The van der Waals surface area contributed by atoms with Crippen LogP contribution in [0, 0.1) is 0 Å². The topological polar surface area (TPSA) is 105 Å². The molecule has 0 spiro atoms. The molecule has 1 N–H and O–H groups in total. The van der Waals surface area contributed by atoms with E-state index in [-0.39, 0.29) is 22.8 Å². The molecule has 37 heavy (non-hydrogen) atoms. The molecule has 0 saturated heterocycles. The number of amides is 1. The maximum Gasteiger partial charge on any atom is 0.264 e. The fourth-order valence-corrected chi connectivity index (χ4v) is 6.20. The van der Waals surface area contributed by atoms with Crippen LogP contribution in [0.3, 0.4) is 0 Å². The minimum absolute atomic E-state index is 0.178. The summed E-state index contributed by atoms with van der Waals surface area (Å²) in [4.78, 5) is 17.6. The molecule has 1 aromatic heterocycles. The van der Waals surface area contributed by atoms with E-state index in [0.717, 1.165) is 11.1 Å². The van der Waals surface area contributed by atoms with Crippen molar-refractivity contribution in [2.75, 3.05) is 9.62 Å². The van der Waals surface area contributed by atoms with Gasteiger partial charge in [-0.05, 0) is 66.9 Å². The number of nitrogens with zero attached hydrogens (tertiary/aromatic N) is 3. The first-order chi connectivity index (χ1) is 17.7. The molecule has 0 radical (unpaired) electrons. The summed E-state index contributed by atoms with van der Waals surface area (Å²) >= 11 is 0.